The maximum Gasteiger partial charge on any atom is 0.291 e. The number of carbonyl (C=O) groups excluding carboxylic acids is 1. The third-order valence-corrected chi connectivity index (χ3v) is 8.78. The predicted octanol–water partition coefficient (Wildman–Crippen LogP) is 1.96. The number of hydrogen-bond donors (Lipinski definition) is 2. The number of imidazole rings is 1. The molecule has 0 aromatic carbocycles. The van der Waals surface area contributed by atoms with Crippen LogP contribution in [-0.4, -0.2) is 71.8 Å². The minimum atomic E-state index is -3.93. The van der Waals surface area contributed by atoms with Gasteiger partial charge in [0.1, 0.15) is 4.90 Å². The Hall–Kier alpha value is -2.75. The number of morpholine rings is 1. The largest absolute Gasteiger partial charge is 0.364 e. The van der Waals surface area contributed by atoms with Gasteiger partial charge >= 0.3 is 0 Å². The Balaban J connectivity index is 1.65. The molecule has 3 aromatic rings. The zero-order chi connectivity index (χ0) is 25.8. The minimum absolute atomic E-state index is 0.0217. The average molecular weight is 542 g/mol. The Morgan fingerprint density at radius 3 is 2.69 bits per heavy atom. The van der Waals surface area contributed by atoms with Gasteiger partial charge in [0, 0.05) is 25.3 Å². The molecule has 0 bridgehead atoms. The van der Waals surface area contributed by atoms with Crippen LogP contribution >= 0.6 is 11.3 Å². The van der Waals surface area contributed by atoms with Crippen molar-refractivity contribution in [2.75, 3.05) is 25.0 Å². The molecular weight excluding hydrogens is 516 g/mol. The van der Waals surface area contributed by atoms with E-state index in [-0.39, 0.29) is 34.3 Å². The van der Waals surface area contributed by atoms with E-state index in [2.05, 4.69) is 25.2 Å². The van der Waals surface area contributed by atoms with E-state index in [0.717, 1.165) is 12.8 Å². The number of rotatable bonds is 7. The molecule has 4 heterocycles. The van der Waals surface area contributed by atoms with E-state index in [1.165, 1.54) is 23.8 Å². The second kappa shape index (κ2) is 8.97. The van der Waals surface area contributed by atoms with Gasteiger partial charge in [-0.15, -0.1) is 10.2 Å². The van der Waals surface area contributed by atoms with Crippen molar-refractivity contribution in [2.24, 2.45) is 0 Å². The number of fused-ring (bicyclic) bond motifs is 1. The van der Waals surface area contributed by atoms with E-state index in [4.69, 9.17) is 4.74 Å². The quantitative estimate of drug-likeness (QED) is 0.464. The molecule has 0 spiro atoms. The zero-order valence-electron chi connectivity index (χ0n) is 19.7. The molecule has 1 amide bonds. The smallest absolute Gasteiger partial charge is 0.291 e. The van der Waals surface area contributed by atoms with E-state index >= 15 is 0 Å². The zero-order valence-corrected chi connectivity index (χ0v) is 21.4. The van der Waals surface area contributed by atoms with Crippen LogP contribution in [0.4, 0.5) is 14.5 Å². The van der Waals surface area contributed by atoms with Crippen molar-refractivity contribution in [3.8, 4) is 10.8 Å². The van der Waals surface area contributed by atoms with Gasteiger partial charge in [0.25, 0.3) is 12.3 Å². The molecule has 2 aliphatic rings. The van der Waals surface area contributed by atoms with Crippen LogP contribution in [0.1, 0.15) is 38.1 Å². The first-order valence-electron chi connectivity index (χ1n) is 11.3. The number of carbonyl (C=O) groups is 1. The second-order valence-corrected chi connectivity index (χ2v) is 12.0. The van der Waals surface area contributed by atoms with Crippen molar-refractivity contribution >= 4 is 38.5 Å². The summed E-state index contributed by atoms with van der Waals surface area (Å²) < 4.78 is 63.0. The van der Waals surface area contributed by atoms with E-state index in [1.54, 1.807) is 6.07 Å². The number of likely N-dealkylation sites (N-methyl/N-ethyl adjacent to an activating group) is 1. The van der Waals surface area contributed by atoms with Crippen molar-refractivity contribution < 1.29 is 26.7 Å². The highest BCUT2D eigenvalue weighted by molar-refractivity contribution is 7.89. The third kappa shape index (κ3) is 4.67. The Kier molecular flexibility index (Phi) is 6.21. The number of anilines is 1. The van der Waals surface area contributed by atoms with E-state index in [9.17, 15) is 22.0 Å². The van der Waals surface area contributed by atoms with Crippen LogP contribution in [0, 0.1) is 0 Å². The molecule has 194 valence electrons. The molecule has 15 heteroatoms. The normalized spacial score (nSPS) is 21.8. The summed E-state index contributed by atoms with van der Waals surface area (Å²) in [5, 5.41) is 9.63. The maximum atomic E-state index is 13.3. The van der Waals surface area contributed by atoms with Crippen molar-refractivity contribution in [3.63, 3.8) is 0 Å². The molecular formula is C21H25F2N7O4S2. The first-order valence-corrected chi connectivity index (χ1v) is 13.6. The lowest BCUT2D eigenvalue weighted by Gasteiger charge is -2.37. The lowest BCUT2D eigenvalue weighted by atomic mass is 10.1. The monoisotopic (exact) mass is 541 g/mol. The van der Waals surface area contributed by atoms with Gasteiger partial charge in [-0.2, -0.15) is 0 Å². The molecule has 1 aliphatic heterocycles. The molecule has 36 heavy (non-hydrogen) atoms. The molecule has 1 aliphatic carbocycles. The molecule has 3 aromatic heterocycles. The highest BCUT2D eigenvalue weighted by atomic mass is 32.2. The first-order chi connectivity index (χ1) is 17.0. The number of ether oxygens (including phenoxy) is 1. The molecule has 0 unspecified atom stereocenters. The Bertz CT molecular complexity index is 1420. The van der Waals surface area contributed by atoms with Crippen molar-refractivity contribution in [3.05, 3.63) is 23.5 Å². The lowest BCUT2D eigenvalue weighted by molar-refractivity contribution is -0.136. The second-order valence-electron chi connectivity index (χ2n) is 9.26. The number of aromatic nitrogens is 4. The summed E-state index contributed by atoms with van der Waals surface area (Å²) in [6.45, 7) is 4.23. The number of pyridine rings is 1. The highest BCUT2D eigenvalue weighted by Crippen LogP contribution is 2.38. The molecule has 0 radical (unpaired) electrons. The summed E-state index contributed by atoms with van der Waals surface area (Å²) in [6, 6.07) is 1.54. The third-order valence-electron chi connectivity index (χ3n) is 6.24. The number of halogens is 2. The summed E-state index contributed by atoms with van der Waals surface area (Å²) in [4.78, 5) is 18.5. The van der Waals surface area contributed by atoms with Gasteiger partial charge in [0.15, 0.2) is 21.9 Å². The van der Waals surface area contributed by atoms with Crippen molar-refractivity contribution in [2.45, 2.75) is 55.8 Å². The molecule has 2 fully saturated rings. The first kappa shape index (κ1) is 24.9. The predicted molar refractivity (Wildman–Crippen MR) is 128 cm³/mol. The van der Waals surface area contributed by atoms with E-state index in [1.807, 2.05) is 18.7 Å². The van der Waals surface area contributed by atoms with Gasteiger partial charge in [-0.3, -0.25) is 9.20 Å². The standard InChI is InChI=1S/C21H25F2N7O4S2/c1-11-8-29(10-15(34-11)18(31)24-3)13-6-12(36(32,33)28-21(2)4-5-21)9-30-14(13)7-25-17(30)20-27-26-19(35-20)16(22)23/h6-7,9,11,15-16,28H,4-5,8,10H2,1-3H3,(H,24,31)/t11-,15+/m1/s1. The van der Waals surface area contributed by atoms with Crippen LogP contribution in [0.15, 0.2) is 23.4 Å². The molecule has 2 N–H and O–H groups in total. The summed E-state index contributed by atoms with van der Waals surface area (Å²) in [5.74, 6) is -0.105. The van der Waals surface area contributed by atoms with Crippen LogP contribution in [0.25, 0.3) is 16.3 Å². The SMILES string of the molecule is CNC(=O)[C@@H]1CN(c2cc(S(=O)(=O)NC3(C)CC3)cn3c(-c4nnc(C(F)F)s4)ncc23)C[C@@H](C)O1. The number of amides is 1. The number of nitrogens with zero attached hydrogens (tertiary/aromatic N) is 5. The molecule has 2 atom stereocenters. The molecule has 11 nitrogen and oxygen atoms in total. The van der Waals surface area contributed by atoms with Gasteiger partial charge < -0.3 is 15.0 Å². The van der Waals surface area contributed by atoms with Gasteiger partial charge in [0.05, 0.1) is 30.0 Å². The van der Waals surface area contributed by atoms with Gasteiger partial charge in [0.2, 0.25) is 10.0 Å². The number of hydrogen-bond acceptors (Lipinski definition) is 9. The van der Waals surface area contributed by atoms with Gasteiger partial charge in [-0.1, -0.05) is 11.3 Å². The fraction of sp³-hybridized carbons (Fsp3) is 0.524. The number of sulfonamides is 1. The summed E-state index contributed by atoms with van der Waals surface area (Å²) in [6.07, 6.45) is 0.523. The van der Waals surface area contributed by atoms with Gasteiger partial charge in [-0.05, 0) is 32.8 Å². The average Bonchev–Trinajstić information content (AvgIpc) is 3.21. The topological polar surface area (TPSA) is 131 Å². The summed E-state index contributed by atoms with van der Waals surface area (Å²) >= 11 is 0.689. The fourth-order valence-electron chi connectivity index (χ4n) is 4.15. The van der Waals surface area contributed by atoms with Crippen LogP contribution in [0.3, 0.4) is 0 Å². The van der Waals surface area contributed by atoms with E-state index in [0.29, 0.717) is 29.1 Å². The molecule has 1 saturated heterocycles. The lowest BCUT2D eigenvalue weighted by Crippen LogP contribution is -2.52. The van der Waals surface area contributed by atoms with Crippen molar-refractivity contribution in [1.82, 2.24) is 29.6 Å². The van der Waals surface area contributed by atoms with Crippen LogP contribution in [0.2, 0.25) is 0 Å². The highest BCUT2D eigenvalue weighted by Gasteiger charge is 2.42. The number of nitrogens with one attached hydrogen (secondary N) is 2. The van der Waals surface area contributed by atoms with Crippen LogP contribution < -0.4 is 14.9 Å². The van der Waals surface area contributed by atoms with E-state index < -0.39 is 33.1 Å². The van der Waals surface area contributed by atoms with Crippen LogP contribution in [0.5, 0.6) is 0 Å². The Labute approximate surface area is 209 Å². The minimum Gasteiger partial charge on any atom is -0.364 e. The summed E-state index contributed by atoms with van der Waals surface area (Å²) in [5.41, 5.74) is 0.537. The Morgan fingerprint density at radius 2 is 2.06 bits per heavy atom. The fourth-order valence-corrected chi connectivity index (χ4v) is 6.33. The van der Waals surface area contributed by atoms with Crippen LogP contribution in [-0.2, 0) is 19.6 Å². The number of alkyl halides is 2. The Morgan fingerprint density at radius 1 is 1.31 bits per heavy atom. The summed E-state index contributed by atoms with van der Waals surface area (Å²) in [7, 11) is -2.41. The van der Waals surface area contributed by atoms with Gasteiger partial charge in [-0.25, -0.2) is 26.9 Å². The van der Waals surface area contributed by atoms with Crippen molar-refractivity contribution in [1.29, 1.82) is 0 Å². The maximum absolute atomic E-state index is 13.3. The molecule has 5 rings (SSSR count). The molecule has 1 saturated carbocycles.